The summed E-state index contributed by atoms with van der Waals surface area (Å²) in [5.41, 5.74) is 7.06. The van der Waals surface area contributed by atoms with E-state index in [1.807, 2.05) is 22.8 Å². The van der Waals surface area contributed by atoms with Gasteiger partial charge in [-0.2, -0.15) is 5.26 Å². The molecule has 188 valence electrons. The first kappa shape index (κ1) is 24.2. The highest BCUT2D eigenvalue weighted by atomic mass is 32.2. The van der Waals surface area contributed by atoms with Crippen molar-refractivity contribution < 1.29 is 18.0 Å². The van der Waals surface area contributed by atoms with Crippen molar-refractivity contribution >= 4 is 21.8 Å². The summed E-state index contributed by atoms with van der Waals surface area (Å²) in [4.78, 5) is 32.1. The molecule has 4 fully saturated rings. The largest absolute Gasteiger partial charge is 0.330 e. The Bertz CT molecular complexity index is 1200. The van der Waals surface area contributed by atoms with Gasteiger partial charge in [0, 0.05) is 39.3 Å². The van der Waals surface area contributed by atoms with Crippen molar-refractivity contribution in [3.63, 3.8) is 0 Å². The van der Waals surface area contributed by atoms with Gasteiger partial charge in [-0.15, -0.1) is 0 Å². The summed E-state index contributed by atoms with van der Waals surface area (Å²) >= 11 is 0. The van der Waals surface area contributed by atoms with Gasteiger partial charge in [0.1, 0.15) is 6.04 Å². The van der Waals surface area contributed by atoms with Gasteiger partial charge in [0.15, 0.2) is 0 Å². The van der Waals surface area contributed by atoms with Gasteiger partial charge < -0.3 is 15.5 Å². The van der Waals surface area contributed by atoms with E-state index >= 15 is 0 Å². The van der Waals surface area contributed by atoms with E-state index < -0.39 is 22.1 Å². The third-order valence-electron chi connectivity index (χ3n) is 8.11. The van der Waals surface area contributed by atoms with Crippen LogP contribution in [0.1, 0.15) is 37.8 Å². The third kappa shape index (κ3) is 3.93. The first-order chi connectivity index (χ1) is 16.5. The van der Waals surface area contributed by atoms with E-state index in [-0.39, 0.29) is 47.4 Å². The monoisotopic (exact) mass is 500 g/mol. The SMILES string of the molecule is C[C@H](c1cccc(S(=O)(=O)N(C)C)c1)N1C(=O)[C@@H]2C[C@H]1CN2C[C@H](N)C(=O)N1[C@H](C#N)CC2C[C@@H]21. The van der Waals surface area contributed by atoms with Crippen LogP contribution in [0.2, 0.25) is 0 Å². The van der Waals surface area contributed by atoms with E-state index in [1.54, 1.807) is 23.1 Å². The van der Waals surface area contributed by atoms with Gasteiger partial charge in [-0.1, -0.05) is 12.1 Å². The van der Waals surface area contributed by atoms with E-state index in [0.29, 0.717) is 18.9 Å². The van der Waals surface area contributed by atoms with Crippen LogP contribution in [0.15, 0.2) is 29.2 Å². The molecule has 1 aromatic rings. The number of nitriles is 1. The zero-order valence-corrected chi connectivity index (χ0v) is 21.1. The van der Waals surface area contributed by atoms with Crippen molar-refractivity contribution in [3.8, 4) is 6.07 Å². The molecule has 2 amide bonds. The molecule has 2 bridgehead atoms. The van der Waals surface area contributed by atoms with Gasteiger partial charge in [-0.25, -0.2) is 12.7 Å². The fourth-order valence-corrected chi connectivity index (χ4v) is 7.07. The van der Waals surface area contributed by atoms with Crippen LogP contribution in [0.3, 0.4) is 0 Å². The topological polar surface area (TPSA) is 131 Å². The Balaban J connectivity index is 1.25. The number of piperidine rings is 1. The van der Waals surface area contributed by atoms with Crippen LogP contribution in [0.5, 0.6) is 0 Å². The van der Waals surface area contributed by atoms with Crippen LogP contribution in [0.4, 0.5) is 0 Å². The van der Waals surface area contributed by atoms with E-state index in [4.69, 9.17) is 5.73 Å². The molecule has 10 nitrogen and oxygen atoms in total. The van der Waals surface area contributed by atoms with E-state index in [2.05, 4.69) is 6.07 Å². The molecule has 11 heteroatoms. The van der Waals surface area contributed by atoms with Crippen LogP contribution in [-0.4, -0.2) is 96.6 Å². The van der Waals surface area contributed by atoms with Gasteiger partial charge in [-0.3, -0.25) is 14.5 Å². The van der Waals surface area contributed by atoms with Gasteiger partial charge >= 0.3 is 0 Å². The molecule has 0 radical (unpaired) electrons. The van der Waals surface area contributed by atoms with Crippen LogP contribution in [0, 0.1) is 17.2 Å². The number of hydrogen-bond donors (Lipinski definition) is 1. The number of benzene rings is 1. The van der Waals surface area contributed by atoms with Crippen LogP contribution >= 0.6 is 0 Å². The second-order valence-electron chi connectivity index (χ2n) is 10.4. The Morgan fingerprint density at radius 2 is 2.03 bits per heavy atom. The minimum atomic E-state index is -3.57. The average molecular weight is 501 g/mol. The molecule has 1 saturated carbocycles. The number of amides is 2. The molecule has 1 aliphatic carbocycles. The molecular weight excluding hydrogens is 468 g/mol. The van der Waals surface area contributed by atoms with Crippen molar-refractivity contribution in [1.29, 1.82) is 5.26 Å². The zero-order chi connectivity index (χ0) is 25.2. The lowest BCUT2D eigenvalue weighted by Crippen LogP contribution is -2.57. The molecule has 5 rings (SSSR count). The van der Waals surface area contributed by atoms with E-state index in [0.717, 1.165) is 18.4 Å². The Kier molecular flexibility index (Phi) is 5.91. The molecule has 3 aliphatic heterocycles. The lowest BCUT2D eigenvalue weighted by Gasteiger charge is -2.38. The number of likely N-dealkylation sites (tertiary alicyclic amines) is 3. The van der Waals surface area contributed by atoms with Gasteiger partial charge in [0.2, 0.25) is 21.8 Å². The minimum Gasteiger partial charge on any atom is -0.330 e. The number of rotatable bonds is 7. The number of nitrogens with zero attached hydrogens (tertiary/aromatic N) is 5. The standard InChI is InChI=1S/C24H32N6O4S/c1-14(15-5-4-6-19(8-15)35(33,34)27(2)3)29-18-10-22(24(29)32)28(12-18)13-20(26)23(31)30-17(11-25)7-16-9-21(16)30/h4-6,8,14,16-18,20-22H,7,9-10,12-13,26H2,1-3H3/t14-,16?,17+,18+,20+,21+,22+/m1/s1. The first-order valence-electron chi connectivity index (χ1n) is 12.1. The second kappa shape index (κ2) is 8.55. The molecular formula is C24H32N6O4S. The number of fused-ring (bicyclic) bond motifs is 3. The quantitative estimate of drug-likeness (QED) is 0.563. The normalized spacial score (nSPS) is 31.5. The molecule has 0 aromatic heterocycles. The summed E-state index contributed by atoms with van der Waals surface area (Å²) in [5, 5.41) is 9.39. The fraction of sp³-hybridized carbons (Fsp3) is 0.625. The summed E-state index contributed by atoms with van der Waals surface area (Å²) in [6, 6.07) is 7.33. The number of sulfonamides is 1. The molecule has 35 heavy (non-hydrogen) atoms. The number of piperazine rings is 1. The summed E-state index contributed by atoms with van der Waals surface area (Å²) < 4.78 is 26.3. The maximum atomic E-state index is 13.3. The predicted octanol–water partition coefficient (Wildman–Crippen LogP) is 0.123. The maximum absolute atomic E-state index is 13.3. The van der Waals surface area contributed by atoms with Gasteiger partial charge in [0.05, 0.1) is 29.1 Å². The summed E-state index contributed by atoms with van der Waals surface area (Å²) in [6.07, 6.45) is 2.35. The summed E-state index contributed by atoms with van der Waals surface area (Å²) in [6.45, 7) is 2.82. The van der Waals surface area contributed by atoms with Crippen molar-refractivity contribution in [2.75, 3.05) is 27.2 Å². The fourth-order valence-electron chi connectivity index (χ4n) is 6.12. The molecule has 4 aliphatic rings. The Morgan fingerprint density at radius 1 is 1.29 bits per heavy atom. The number of hydrogen-bond acceptors (Lipinski definition) is 7. The molecule has 2 N–H and O–H groups in total. The predicted molar refractivity (Wildman–Crippen MR) is 127 cm³/mol. The molecule has 3 heterocycles. The van der Waals surface area contributed by atoms with E-state index in [9.17, 15) is 23.3 Å². The highest BCUT2D eigenvalue weighted by Gasteiger charge is 2.56. The Hall–Kier alpha value is -2.52. The lowest BCUT2D eigenvalue weighted by molar-refractivity contribution is -0.141. The molecule has 0 spiro atoms. The molecule has 1 aromatic carbocycles. The summed E-state index contributed by atoms with van der Waals surface area (Å²) in [7, 11) is -0.590. The van der Waals surface area contributed by atoms with Crippen LogP contribution < -0.4 is 5.73 Å². The van der Waals surface area contributed by atoms with Gasteiger partial charge in [0.25, 0.3) is 0 Å². The number of carbonyl (C=O) groups is 2. The molecule has 3 saturated heterocycles. The Morgan fingerprint density at radius 3 is 2.69 bits per heavy atom. The maximum Gasteiger partial charge on any atom is 0.242 e. The highest BCUT2D eigenvalue weighted by molar-refractivity contribution is 7.89. The highest BCUT2D eigenvalue weighted by Crippen LogP contribution is 2.48. The van der Waals surface area contributed by atoms with Crippen LogP contribution in [0.25, 0.3) is 0 Å². The smallest absolute Gasteiger partial charge is 0.242 e. The average Bonchev–Trinajstić information content (AvgIpc) is 3.15. The Labute approximate surface area is 206 Å². The van der Waals surface area contributed by atoms with Crippen molar-refractivity contribution in [2.45, 2.75) is 67.3 Å². The molecule has 1 unspecified atom stereocenters. The van der Waals surface area contributed by atoms with Crippen molar-refractivity contribution in [3.05, 3.63) is 29.8 Å². The van der Waals surface area contributed by atoms with Crippen molar-refractivity contribution in [2.24, 2.45) is 11.7 Å². The second-order valence-corrected chi connectivity index (χ2v) is 12.6. The zero-order valence-electron chi connectivity index (χ0n) is 20.2. The lowest BCUT2D eigenvalue weighted by atomic mass is 10.1. The third-order valence-corrected chi connectivity index (χ3v) is 9.92. The minimum absolute atomic E-state index is 0.0207. The summed E-state index contributed by atoms with van der Waals surface area (Å²) in [5.74, 6) is 0.218. The molecule has 7 atom stereocenters. The van der Waals surface area contributed by atoms with Crippen molar-refractivity contribution in [1.82, 2.24) is 19.0 Å². The van der Waals surface area contributed by atoms with E-state index in [1.165, 1.54) is 18.4 Å². The van der Waals surface area contributed by atoms with Gasteiger partial charge in [-0.05, 0) is 49.8 Å². The van der Waals surface area contributed by atoms with Crippen LogP contribution in [-0.2, 0) is 19.6 Å². The first-order valence-corrected chi connectivity index (χ1v) is 13.5. The number of carbonyl (C=O) groups excluding carboxylic acids is 2. The number of nitrogens with two attached hydrogens (primary N) is 1.